The average Bonchev–Trinajstić information content (AvgIpc) is 2.93. The number of alkyl halides is 3. The van der Waals surface area contributed by atoms with Crippen molar-refractivity contribution >= 4 is 48.8 Å². The summed E-state index contributed by atoms with van der Waals surface area (Å²) in [5, 5.41) is 12.3. The Hall–Kier alpha value is -3.53. The van der Waals surface area contributed by atoms with E-state index in [4.69, 9.17) is 17.3 Å². The van der Waals surface area contributed by atoms with E-state index in [0.29, 0.717) is 17.8 Å². The minimum Gasteiger partial charge on any atom is -0.478 e. The number of benzene rings is 3. The molecule has 1 heterocycles. The Morgan fingerprint density at radius 1 is 0.902 bits per heavy atom. The van der Waals surface area contributed by atoms with Crippen molar-refractivity contribution in [3.63, 3.8) is 0 Å². The number of carboxylic acid groups (broad SMARTS) is 1. The van der Waals surface area contributed by atoms with Gasteiger partial charge in [0.1, 0.15) is 0 Å². The number of carboxylic acids is 1. The predicted molar refractivity (Wildman–Crippen MR) is 148 cm³/mol. The van der Waals surface area contributed by atoms with E-state index in [0.717, 1.165) is 6.07 Å². The number of halogens is 3. The van der Waals surface area contributed by atoms with Gasteiger partial charge in [-0.3, -0.25) is 0 Å². The van der Waals surface area contributed by atoms with E-state index in [9.17, 15) is 34.8 Å². The van der Waals surface area contributed by atoms with Gasteiger partial charge < -0.3 is 15.3 Å². The molecule has 0 unspecified atom stereocenters. The first-order chi connectivity index (χ1) is 19.2. The van der Waals surface area contributed by atoms with Crippen LogP contribution < -0.4 is 10.0 Å². The maximum Gasteiger partial charge on any atom is 0.417 e. The Morgan fingerprint density at radius 3 is 2.17 bits per heavy atom. The van der Waals surface area contributed by atoms with Gasteiger partial charge in [0.15, 0.2) is 5.11 Å². The zero-order valence-electron chi connectivity index (χ0n) is 21.1. The molecule has 1 fully saturated rings. The van der Waals surface area contributed by atoms with Crippen LogP contribution in [-0.4, -0.2) is 57.1 Å². The van der Waals surface area contributed by atoms with Crippen molar-refractivity contribution in [1.29, 1.82) is 0 Å². The van der Waals surface area contributed by atoms with Crippen molar-refractivity contribution in [1.82, 2.24) is 9.62 Å². The number of nitrogens with zero attached hydrogens (tertiary/aromatic N) is 1. The molecule has 1 saturated heterocycles. The largest absolute Gasteiger partial charge is 0.478 e. The Kier molecular flexibility index (Phi) is 8.73. The lowest BCUT2D eigenvalue weighted by atomic mass is 10.1. The fourth-order valence-corrected chi connectivity index (χ4v) is 7.52. The second-order valence-corrected chi connectivity index (χ2v) is 13.2. The van der Waals surface area contributed by atoms with Crippen LogP contribution in [-0.2, 0) is 26.0 Å². The minimum atomic E-state index is -5.06. The van der Waals surface area contributed by atoms with Crippen LogP contribution in [0, 0.1) is 0 Å². The van der Waals surface area contributed by atoms with Crippen LogP contribution in [0.2, 0.25) is 0 Å². The number of sulfonamides is 1. The number of anilines is 1. The van der Waals surface area contributed by atoms with Crippen molar-refractivity contribution in [3.8, 4) is 0 Å². The Balaban J connectivity index is 1.50. The highest BCUT2D eigenvalue weighted by atomic mass is 32.2. The molecule has 0 aromatic heterocycles. The van der Waals surface area contributed by atoms with Gasteiger partial charge in [-0.1, -0.05) is 24.3 Å². The van der Waals surface area contributed by atoms with Gasteiger partial charge in [-0.2, -0.15) is 13.2 Å². The van der Waals surface area contributed by atoms with Gasteiger partial charge in [0, 0.05) is 24.8 Å². The van der Waals surface area contributed by atoms with Gasteiger partial charge >= 0.3 is 12.1 Å². The number of piperidine rings is 1. The molecule has 3 aromatic carbocycles. The lowest BCUT2D eigenvalue weighted by Crippen LogP contribution is -2.47. The molecule has 218 valence electrons. The number of thiocarbonyl (C=S) groups is 1. The summed E-state index contributed by atoms with van der Waals surface area (Å²) in [6.07, 6.45) is -4.67. The summed E-state index contributed by atoms with van der Waals surface area (Å²) in [6.45, 7) is 0.512. The maximum atomic E-state index is 13.8. The van der Waals surface area contributed by atoms with Crippen LogP contribution in [0.4, 0.5) is 18.9 Å². The van der Waals surface area contributed by atoms with Gasteiger partial charge in [0.25, 0.3) is 0 Å². The standard InChI is InChI=1S/C26H24F3N3O6S3/c27-26(28,29)22-10-9-21(40(35,36)20-7-2-1-3-8-20)16-23(22)41(37,38)31-18-11-13-32(14-12-18)25(39)30-19-6-4-5-17(15-19)24(33)34/h1-10,15-16,18,31H,11-14H2,(H,30,39)(H,33,34). The lowest BCUT2D eigenvalue weighted by Gasteiger charge is -2.34. The molecule has 4 rings (SSSR count). The molecular formula is C26H24F3N3O6S3. The van der Waals surface area contributed by atoms with Crippen LogP contribution in [0.25, 0.3) is 0 Å². The third-order valence-corrected chi connectivity index (χ3v) is 10.1. The van der Waals surface area contributed by atoms with Crippen molar-refractivity contribution < 1.29 is 39.9 Å². The molecule has 1 aliphatic rings. The monoisotopic (exact) mass is 627 g/mol. The predicted octanol–water partition coefficient (Wildman–Crippen LogP) is 4.38. The zero-order valence-corrected chi connectivity index (χ0v) is 23.6. The quantitative estimate of drug-likeness (QED) is 0.327. The van der Waals surface area contributed by atoms with Gasteiger partial charge in [-0.05, 0) is 73.6 Å². The summed E-state index contributed by atoms with van der Waals surface area (Å²) in [5.74, 6) is -1.11. The average molecular weight is 628 g/mol. The first-order valence-electron chi connectivity index (χ1n) is 12.1. The van der Waals surface area contributed by atoms with E-state index < -0.39 is 53.4 Å². The van der Waals surface area contributed by atoms with Gasteiger partial charge in [0.2, 0.25) is 19.9 Å². The molecule has 0 spiro atoms. The Bertz CT molecular complexity index is 1670. The molecular weight excluding hydrogens is 603 g/mol. The first-order valence-corrected chi connectivity index (χ1v) is 15.5. The topological polar surface area (TPSA) is 133 Å². The summed E-state index contributed by atoms with van der Waals surface area (Å²) in [6, 6.07) is 13.9. The molecule has 0 amide bonds. The van der Waals surface area contributed by atoms with E-state index in [2.05, 4.69) is 10.0 Å². The summed E-state index contributed by atoms with van der Waals surface area (Å²) in [7, 11) is -9.08. The second kappa shape index (κ2) is 11.8. The molecule has 1 aliphatic heterocycles. The summed E-state index contributed by atoms with van der Waals surface area (Å²) in [5.41, 5.74) is -0.976. The third kappa shape index (κ3) is 7.04. The van der Waals surface area contributed by atoms with E-state index in [1.807, 2.05) is 0 Å². The number of sulfone groups is 1. The van der Waals surface area contributed by atoms with Crippen LogP contribution in [0.3, 0.4) is 0 Å². The number of hydrogen-bond acceptors (Lipinski definition) is 6. The third-order valence-electron chi connectivity index (χ3n) is 6.38. The molecule has 3 N–H and O–H groups in total. The highest BCUT2D eigenvalue weighted by Gasteiger charge is 2.39. The SMILES string of the molecule is O=C(O)c1cccc(NC(=S)N2CCC(NS(=O)(=O)c3cc(S(=O)(=O)c4ccccc4)ccc3C(F)(F)F)CC2)c1. The molecule has 3 aromatic rings. The maximum absolute atomic E-state index is 13.8. The summed E-state index contributed by atoms with van der Waals surface area (Å²) in [4.78, 5) is 10.9. The van der Waals surface area contributed by atoms with Gasteiger partial charge in [0.05, 0.1) is 25.8 Å². The Morgan fingerprint density at radius 2 is 1.56 bits per heavy atom. The molecule has 0 radical (unpaired) electrons. The highest BCUT2D eigenvalue weighted by molar-refractivity contribution is 7.91. The normalized spacial score (nSPS) is 15.0. The van der Waals surface area contributed by atoms with Crippen molar-refractivity contribution in [2.45, 2.75) is 39.7 Å². The zero-order chi connectivity index (χ0) is 30.0. The minimum absolute atomic E-state index is 0.0600. The van der Waals surface area contributed by atoms with E-state index >= 15 is 0 Å². The van der Waals surface area contributed by atoms with E-state index in [1.54, 1.807) is 23.1 Å². The fraction of sp³-hybridized carbons (Fsp3) is 0.231. The van der Waals surface area contributed by atoms with Crippen LogP contribution in [0.5, 0.6) is 0 Å². The first kappa shape index (κ1) is 30.4. The van der Waals surface area contributed by atoms with Crippen molar-refractivity contribution in [2.24, 2.45) is 0 Å². The molecule has 0 saturated carbocycles. The smallest absolute Gasteiger partial charge is 0.417 e. The van der Waals surface area contributed by atoms with Crippen molar-refractivity contribution in [3.05, 3.63) is 83.9 Å². The molecule has 0 atom stereocenters. The van der Waals surface area contributed by atoms with Crippen LogP contribution in [0.1, 0.15) is 28.8 Å². The highest BCUT2D eigenvalue weighted by Crippen LogP contribution is 2.36. The fourth-order valence-electron chi connectivity index (χ4n) is 4.28. The number of carbonyl (C=O) groups is 1. The van der Waals surface area contributed by atoms with Gasteiger partial charge in [-0.15, -0.1) is 0 Å². The molecule has 41 heavy (non-hydrogen) atoms. The molecule has 0 bridgehead atoms. The summed E-state index contributed by atoms with van der Waals surface area (Å²) < 4.78 is 96.1. The van der Waals surface area contributed by atoms with Crippen molar-refractivity contribution in [2.75, 3.05) is 18.4 Å². The summed E-state index contributed by atoms with van der Waals surface area (Å²) >= 11 is 5.38. The number of aromatic carboxylic acids is 1. The van der Waals surface area contributed by atoms with Gasteiger partial charge in [-0.25, -0.2) is 26.4 Å². The number of hydrogen-bond donors (Lipinski definition) is 3. The molecule has 9 nitrogen and oxygen atoms in total. The molecule has 0 aliphatic carbocycles. The molecule has 15 heteroatoms. The van der Waals surface area contributed by atoms with Crippen LogP contribution in [0.15, 0.2) is 87.5 Å². The second-order valence-electron chi connectivity index (χ2n) is 9.17. The Labute approximate surface area is 240 Å². The van der Waals surface area contributed by atoms with Crippen LogP contribution >= 0.6 is 12.2 Å². The van der Waals surface area contributed by atoms with E-state index in [-0.39, 0.29) is 41.5 Å². The van der Waals surface area contributed by atoms with E-state index in [1.165, 1.54) is 36.4 Å². The number of likely N-dealkylation sites (tertiary alicyclic amines) is 1. The lowest BCUT2D eigenvalue weighted by molar-refractivity contribution is -0.139. The number of nitrogens with one attached hydrogen (secondary N) is 2. The number of rotatable bonds is 7.